The van der Waals surface area contributed by atoms with Gasteiger partial charge in [-0.3, -0.25) is 9.88 Å². The summed E-state index contributed by atoms with van der Waals surface area (Å²) in [6.07, 6.45) is 5.81. The predicted molar refractivity (Wildman–Crippen MR) is 100 cm³/mol. The molecule has 1 aromatic carbocycles. The second-order valence-corrected chi connectivity index (χ2v) is 6.75. The minimum Gasteiger partial charge on any atom is -0.493 e. The van der Waals surface area contributed by atoms with Crippen LogP contribution in [0.3, 0.4) is 0 Å². The first kappa shape index (κ1) is 17.5. The lowest BCUT2D eigenvalue weighted by Gasteiger charge is -2.39. The molecule has 1 aliphatic heterocycles. The highest BCUT2D eigenvalue weighted by molar-refractivity contribution is 5.43. The fourth-order valence-electron chi connectivity index (χ4n) is 3.03. The summed E-state index contributed by atoms with van der Waals surface area (Å²) in [6.45, 7) is 7.81. The highest BCUT2D eigenvalue weighted by Gasteiger charge is 2.27. The molecular formula is C21H26N2O2. The van der Waals surface area contributed by atoms with E-state index < -0.39 is 0 Å². The maximum Gasteiger partial charge on any atom is 0.161 e. The second kappa shape index (κ2) is 8.17. The van der Waals surface area contributed by atoms with Gasteiger partial charge >= 0.3 is 0 Å². The first-order chi connectivity index (χ1) is 12.2. The Bertz CT molecular complexity index is 718. The number of rotatable bonds is 7. The summed E-state index contributed by atoms with van der Waals surface area (Å²) in [4.78, 5) is 6.54. The largest absolute Gasteiger partial charge is 0.493 e. The Labute approximate surface area is 150 Å². The number of likely N-dealkylation sites (tertiary alicyclic amines) is 1. The van der Waals surface area contributed by atoms with Crippen LogP contribution in [-0.4, -0.2) is 36.7 Å². The van der Waals surface area contributed by atoms with Crippen LogP contribution in [0.15, 0.2) is 54.4 Å². The number of hydrogen-bond donors (Lipinski definition) is 0. The Kier molecular flexibility index (Phi) is 5.71. The predicted octanol–water partition coefficient (Wildman–Crippen LogP) is 4.03. The monoisotopic (exact) mass is 338 g/mol. The average molecular weight is 338 g/mol. The van der Waals surface area contributed by atoms with Gasteiger partial charge in [0, 0.05) is 37.9 Å². The zero-order valence-electron chi connectivity index (χ0n) is 15.2. The Balaban J connectivity index is 1.56. The van der Waals surface area contributed by atoms with E-state index in [0.717, 1.165) is 31.1 Å². The van der Waals surface area contributed by atoms with Crippen LogP contribution < -0.4 is 9.47 Å². The molecule has 0 bridgehead atoms. The van der Waals surface area contributed by atoms with Gasteiger partial charge in [0.15, 0.2) is 11.5 Å². The van der Waals surface area contributed by atoms with Crippen LogP contribution in [0.4, 0.5) is 0 Å². The molecule has 0 radical (unpaired) electrons. The maximum absolute atomic E-state index is 5.79. The quantitative estimate of drug-likeness (QED) is 0.714. The SMILES string of the molecule is COc1cc(CN2CC(c3ccncc3)C2)ccc1OCC=C(C)C. The van der Waals surface area contributed by atoms with Crippen LogP contribution in [0.1, 0.15) is 30.9 Å². The molecule has 132 valence electrons. The normalized spacial score (nSPS) is 14.7. The van der Waals surface area contributed by atoms with Crippen LogP contribution in [-0.2, 0) is 6.54 Å². The number of pyridine rings is 1. The molecular weight excluding hydrogens is 312 g/mol. The van der Waals surface area contributed by atoms with Crippen molar-refractivity contribution in [3.63, 3.8) is 0 Å². The molecule has 0 unspecified atom stereocenters. The van der Waals surface area contributed by atoms with Crippen molar-refractivity contribution in [3.8, 4) is 11.5 Å². The number of ether oxygens (including phenoxy) is 2. The standard InChI is InChI=1S/C21H26N2O2/c1-16(2)8-11-25-20-5-4-17(12-21(20)24-3)13-23-14-19(15-23)18-6-9-22-10-7-18/h4-10,12,19H,11,13-15H2,1-3H3. The summed E-state index contributed by atoms with van der Waals surface area (Å²) in [7, 11) is 1.69. The third-order valence-corrected chi connectivity index (χ3v) is 4.50. The van der Waals surface area contributed by atoms with Gasteiger partial charge in [-0.05, 0) is 55.3 Å². The molecule has 0 atom stereocenters. The number of nitrogens with zero attached hydrogens (tertiary/aromatic N) is 2. The Morgan fingerprint density at radius 2 is 1.92 bits per heavy atom. The van der Waals surface area contributed by atoms with Crippen LogP contribution in [0, 0.1) is 0 Å². The number of allylic oxidation sites excluding steroid dienone is 1. The van der Waals surface area contributed by atoms with Gasteiger partial charge in [0.1, 0.15) is 6.61 Å². The van der Waals surface area contributed by atoms with Gasteiger partial charge in [0.2, 0.25) is 0 Å². The molecule has 2 heterocycles. The Morgan fingerprint density at radius 3 is 2.60 bits per heavy atom. The van der Waals surface area contributed by atoms with Crippen LogP contribution in [0.2, 0.25) is 0 Å². The molecule has 0 spiro atoms. The van der Waals surface area contributed by atoms with Crippen LogP contribution >= 0.6 is 0 Å². The molecule has 1 saturated heterocycles. The minimum atomic E-state index is 0.567. The maximum atomic E-state index is 5.79. The van der Waals surface area contributed by atoms with Crippen molar-refractivity contribution in [2.75, 3.05) is 26.8 Å². The molecule has 0 saturated carbocycles. The highest BCUT2D eigenvalue weighted by atomic mass is 16.5. The van der Waals surface area contributed by atoms with E-state index in [0.29, 0.717) is 12.5 Å². The van der Waals surface area contributed by atoms with Crippen molar-refractivity contribution in [2.45, 2.75) is 26.3 Å². The molecule has 0 aliphatic carbocycles. The van der Waals surface area contributed by atoms with E-state index in [9.17, 15) is 0 Å². The van der Waals surface area contributed by atoms with Crippen molar-refractivity contribution in [1.29, 1.82) is 0 Å². The summed E-state index contributed by atoms with van der Waals surface area (Å²) < 4.78 is 11.3. The molecule has 0 amide bonds. The smallest absolute Gasteiger partial charge is 0.161 e. The fourth-order valence-corrected chi connectivity index (χ4v) is 3.03. The van der Waals surface area contributed by atoms with Crippen LogP contribution in [0.5, 0.6) is 11.5 Å². The molecule has 4 nitrogen and oxygen atoms in total. The number of benzene rings is 1. The molecule has 2 aromatic rings. The van der Waals surface area contributed by atoms with Crippen LogP contribution in [0.25, 0.3) is 0 Å². The number of aromatic nitrogens is 1. The molecule has 4 heteroatoms. The van der Waals surface area contributed by atoms with Gasteiger partial charge in [-0.25, -0.2) is 0 Å². The van der Waals surface area contributed by atoms with Gasteiger partial charge in [0.05, 0.1) is 7.11 Å². The average Bonchev–Trinajstić information content (AvgIpc) is 2.59. The van der Waals surface area contributed by atoms with Gasteiger partial charge in [0.25, 0.3) is 0 Å². The fraction of sp³-hybridized carbons (Fsp3) is 0.381. The van der Waals surface area contributed by atoms with Gasteiger partial charge < -0.3 is 9.47 Å². The van der Waals surface area contributed by atoms with E-state index in [1.54, 1.807) is 7.11 Å². The third kappa shape index (κ3) is 4.60. The van der Waals surface area contributed by atoms with Crippen molar-refractivity contribution in [3.05, 3.63) is 65.5 Å². The third-order valence-electron chi connectivity index (χ3n) is 4.50. The zero-order chi connectivity index (χ0) is 17.6. The highest BCUT2D eigenvalue weighted by Crippen LogP contribution is 2.31. The Hall–Kier alpha value is -2.33. The number of hydrogen-bond acceptors (Lipinski definition) is 4. The number of methoxy groups -OCH3 is 1. The van der Waals surface area contributed by atoms with Crippen molar-refractivity contribution >= 4 is 0 Å². The molecule has 0 N–H and O–H groups in total. The van der Waals surface area contributed by atoms with E-state index in [1.165, 1.54) is 16.7 Å². The van der Waals surface area contributed by atoms with Crippen molar-refractivity contribution in [1.82, 2.24) is 9.88 Å². The van der Waals surface area contributed by atoms with E-state index in [-0.39, 0.29) is 0 Å². The molecule has 3 rings (SSSR count). The first-order valence-electron chi connectivity index (χ1n) is 8.71. The lowest BCUT2D eigenvalue weighted by Crippen LogP contribution is -2.44. The summed E-state index contributed by atoms with van der Waals surface area (Å²) in [5.74, 6) is 2.21. The van der Waals surface area contributed by atoms with Crippen molar-refractivity contribution < 1.29 is 9.47 Å². The zero-order valence-corrected chi connectivity index (χ0v) is 15.2. The van der Waals surface area contributed by atoms with Gasteiger partial charge in [-0.1, -0.05) is 11.6 Å². The molecule has 25 heavy (non-hydrogen) atoms. The van der Waals surface area contributed by atoms with Crippen molar-refractivity contribution in [2.24, 2.45) is 0 Å². The topological polar surface area (TPSA) is 34.6 Å². The van der Waals surface area contributed by atoms with E-state index >= 15 is 0 Å². The summed E-state index contributed by atoms with van der Waals surface area (Å²) >= 11 is 0. The first-order valence-corrected chi connectivity index (χ1v) is 8.71. The second-order valence-electron chi connectivity index (χ2n) is 6.75. The Morgan fingerprint density at radius 1 is 1.16 bits per heavy atom. The van der Waals surface area contributed by atoms with Gasteiger partial charge in [-0.15, -0.1) is 0 Å². The summed E-state index contributed by atoms with van der Waals surface area (Å²) in [5, 5.41) is 0. The molecule has 1 aromatic heterocycles. The minimum absolute atomic E-state index is 0.567. The van der Waals surface area contributed by atoms with E-state index in [4.69, 9.17) is 9.47 Å². The lowest BCUT2D eigenvalue weighted by atomic mass is 9.92. The molecule has 1 fully saturated rings. The molecule has 1 aliphatic rings. The summed E-state index contributed by atoms with van der Waals surface area (Å²) in [5.41, 5.74) is 3.88. The van der Waals surface area contributed by atoms with E-state index in [1.807, 2.05) is 18.5 Å². The summed E-state index contributed by atoms with van der Waals surface area (Å²) in [6, 6.07) is 10.4. The van der Waals surface area contributed by atoms with E-state index in [2.05, 4.69) is 54.1 Å². The van der Waals surface area contributed by atoms with Gasteiger partial charge in [-0.2, -0.15) is 0 Å². The lowest BCUT2D eigenvalue weighted by molar-refractivity contribution is 0.139.